The molecule has 0 amide bonds. The van der Waals surface area contributed by atoms with Crippen molar-refractivity contribution in [1.82, 2.24) is 4.90 Å². The average molecular weight is 361 g/mol. The van der Waals surface area contributed by atoms with Crippen LogP contribution in [0.25, 0.3) is 0 Å². The highest BCUT2D eigenvalue weighted by Gasteiger charge is 2.16. The van der Waals surface area contributed by atoms with Crippen molar-refractivity contribution in [3.05, 3.63) is 59.4 Å². The quantitative estimate of drug-likeness (QED) is 0.738. The van der Waals surface area contributed by atoms with Crippen LogP contribution in [0.3, 0.4) is 0 Å². The minimum absolute atomic E-state index is 0.0819. The minimum atomic E-state index is -0.896. The molecule has 1 N–H and O–H groups in total. The molecule has 3 nitrogen and oxygen atoms in total. The van der Waals surface area contributed by atoms with Gasteiger partial charge in [-0.25, -0.2) is 4.39 Å². The fourth-order valence-electron chi connectivity index (χ4n) is 2.51. The lowest BCUT2D eigenvalue weighted by atomic mass is 10.0. The van der Waals surface area contributed by atoms with Crippen LogP contribution in [-0.2, 0) is 4.79 Å². The van der Waals surface area contributed by atoms with Crippen molar-refractivity contribution in [3.63, 3.8) is 0 Å². The van der Waals surface area contributed by atoms with E-state index >= 15 is 0 Å². The van der Waals surface area contributed by atoms with Crippen LogP contribution in [0.1, 0.15) is 43.9 Å². The second-order valence-corrected chi connectivity index (χ2v) is 7.62. The van der Waals surface area contributed by atoms with Gasteiger partial charge in [-0.15, -0.1) is 0 Å². The van der Waals surface area contributed by atoms with Crippen molar-refractivity contribution in [3.8, 4) is 0 Å². The van der Waals surface area contributed by atoms with Gasteiger partial charge in [0.05, 0.1) is 6.54 Å². The molecular formula is C20H24FNO2S. The van der Waals surface area contributed by atoms with Crippen LogP contribution in [0.4, 0.5) is 4.39 Å². The third kappa shape index (κ3) is 5.31. The molecule has 2 aromatic rings. The number of carboxylic acids is 1. The van der Waals surface area contributed by atoms with Crippen LogP contribution in [0, 0.1) is 5.82 Å². The first-order chi connectivity index (χ1) is 11.8. The number of halogens is 1. The van der Waals surface area contributed by atoms with Gasteiger partial charge in [-0.05, 0) is 55.3 Å². The first kappa shape index (κ1) is 19.5. The lowest BCUT2D eigenvalue weighted by molar-refractivity contribution is -0.138. The summed E-state index contributed by atoms with van der Waals surface area (Å²) in [6, 6.07) is 13.1. The third-order valence-corrected chi connectivity index (χ3v) is 5.32. The zero-order chi connectivity index (χ0) is 18.6. The summed E-state index contributed by atoms with van der Waals surface area (Å²) >= 11 is 1.39. The molecule has 0 aliphatic carbocycles. The van der Waals surface area contributed by atoms with Gasteiger partial charge in [0.25, 0.3) is 0 Å². The Morgan fingerprint density at radius 3 is 2.24 bits per heavy atom. The van der Waals surface area contributed by atoms with Gasteiger partial charge in [0.1, 0.15) is 5.82 Å². The normalized spacial score (nSPS) is 12.6. The van der Waals surface area contributed by atoms with E-state index < -0.39 is 5.97 Å². The van der Waals surface area contributed by atoms with E-state index in [1.54, 1.807) is 18.0 Å². The summed E-state index contributed by atoms with van der Waals surface area (Å²) < 4.78 is 14.5. The van der Waals surface area contributed by atoms with E-state index in [1.165, 1.54) is 23.4 Å². The van der Waals surface area contributed by atoms with Gasteiger partial charge in [0.15, 0.2) is 0 Å². The zero-order valence-corrected chi connectivity index (χ0v) is 15.8. The maximum atomic E-state index is 14.5. The maximum absolute atomic E-state index is 14.5. The molecule has 0 radical (unpaired) electrons. The summed E-state index contributed by atoms with van der Waals surface area (Å²) in [5.41, 5.74) is 2.02. The fraction of sp³-hybridized carbons (Fsp3) is 0.350. The van der Waals surface area contributed by atoms with Gasteiger partial charge in [-0.3, -0.25) is 9.69 Å². The van der Waals surface area contributed by atoms with E-state index in [4.69, 9.17) is 5.11 Å². The third-order valence-electron chi connectivity index (χ3n) is 4.26. The monoisotopic (exact) mass is 361 g/mol. The van der Waals surface area contributed by atoms with Crippen LogP contribution in [0.2, 0.25) is 0 Å². The van der Waals surface area contributed by atoms with E-state index in [0.29, 0.717) is 10.8 Å². The molecule has 134 valence electrons. The molecule has 0 saturated heterocycles. The van der Waals surface area contributed by atoms with E-state index in [-0.39, 0.29) is 18.4 Å². The minimum Gasteiger partial charge on any atom is -0.480 e. The molecule has 1 unspecified atom stereocenters. The number of rotatable bonds is 7. The number of aliphatic carboxylic acids is 1. The Balaban J connectivity index is 2.12. The number of nitrogens with zero attached hydrogens (tertiary/aromatic N) is 1. The zero-order valence-electron chi connectivity index (χ0n) is 15.0. The largest absolute Gasteiger partial charge is 0.480 e. The van der Waals surface area contributed by atoms with Crippen LogP contribution in [0.5, 0.6) is 0 Å². The first-order valence-corrected chi connectivity index (χ1v) is 9.09. The summed E-state index contributed by atoms with van der Waals surface area (Å²) in [4.78, 5) is 14.0. The molecule has 2 aromatic carbocycles. The smallest absolute Gasteiger partial charge is 0.317 e. The standard InChI is InChI=1S/C20H24FNO2S/c1-13(2)15-5-8-17(9-6-15)25-19-10-7-16(11-18(19)21)14(3)22(4)12-20(23)24/h5-11,13-14H,12H2,1-4H3,(H,23,24). The van der Waals surface area contributed by atoms with Gasteiger partial charge in [-0.2, -0.15) is 0 Å². The van der Waals surface area contributed by atoms with Crippen LogP contribution in [-0.4, -0.2) is 29.6 Å². The average Bonchev–Trinajstić information content (AvgIpc) is 2.55. The topological polar surface area (TPSA) is 40.5 Å². The van der Waals surface area contributed by atoms with Crippen molar-refractivity contribution >= 4 is 17.7 Å². The van der Waals surface area contributed by atoms with Gasteiger partial charge in [-0.1, -0.05) is 43.8 Å². The Kier molecular flexibility index (Phi) is 6.62. The predicted octanol–water partition coefficient (Wildman–Crippen LogP) is 5.18. The van der Waals surface area contributed by atoms with Crippen molar-refractivity contribution < 1.29 is 14.3 Å². The van der Waals surface area contributed by atoms with Crippen LogP contribution in [0.15, 0.2) is 52.3 Å². The van der Waals surface area contributed by atoms with Crippen molar-refractivity contribution in [2.75, 3.05) is 13.6 Å². The molecular weight excluding hydrogens is 337 g/mol. The van der Waals surface area contributed by atoms with Gasteiger partial charge < -0.3 is 5.11 Å². The molecule has 2 rings (SSSR count). The van der Waals surface area contributed by atoms with E-state index in [0.717, 1.165) is 10.5 Å². The lowest BCUT2D eigenvalue weighted by Crippen LogP contribution is -2.28. The van der Waals surface area contributed by atoms with Crippen molar-refractivity contribution in [2.24, 2.45) is 0 Å². The number of benzene rings is 2. The Bertz CT molecular complexity index is 731. The highest BCUT2D eigenvalue weighted by molar-refractivity contribution is 7.99. The maximum Gasteiger partial charge on any atom is 0.317 e. The molecule has 0 heterocycles. The SMILES string of the molecule is CC(C)c1ccc(Sc2ccc(C(C)N(C)CC(=O)O)cc2F)cc1. The second-order valence-electron chi connectivity index (χ2n) is 6.50. The number of carbonyl (C=O) groups is 1. The molecule has 0 fully saturated rings. The van der Waals surface area contributed by atoms with E-state index in [9.17, 15) is 9.18 Å². The Labute approximate surface area is 152 Å². The molecule has 0 aliphatic heterocycles. The summed E-state index contributed by atoms with van der Waals surface area (Å²) in [5, 5.41) is 8.88. The molecule has 0 bridgehead atoms. The van der Waals surface area contributed by atoms with Crippen LogP contribution < -0.4 is 0 Å². The van der Waals surface area contributed by atoms with Gasteiger partial charge in [0.2, 0.25) is 0 Å². The Hall–Kier alpha value is -1.85. The molecule has 0 spiro atoms. The van der Waals surface area contributed by atoms with Gasteiger partial charge in [0, 0.05) is 15.8 Å². The predicted molar refractivity (Wildman–Crippen MR) is 99.7 cm³/mol. The Morgan fingerprint density at radius 2 is 1.72 bits per heavy atom. The van der Waals surface area contributed by atoms with Gasteiger partial charge >= 0.3 is 5.97 Å². The Morgan fingerprint density at radius 1 is 1.12 bits per heavy atom. The van der Waals surface area contributed by atoms with E-state index in [1.807, 2.05) is 25.1 Å². The van der Waals surface area contributed by atoms with Crippen molar-refractivity contribution in [1.29, 1.82) is 0 Å². The molecule has 0 saturated carbocycles. The summed E-state index contributed by atoms with van der Waals surface area (Å²) in [5.74, 6) is -0.711. The number of hydrogen-bond acceptors (Lipinski definition) is 3. The number of carboxylic acid groups (broad SMARTS) is 1. The molecule has 0 aliphatic rings. The summed E-state index contributed by atoms with van der Waals surface area (Å²) in [6.45, 7) is 6.07. The summed E-state index contributed by atoms with van der Waals surface area (Å²) in [7, 11) is 1.72. The lowest BCUT2D eigenvalue weighted by Gasteiger charge is -2.23. The van der Waals surface area contributed by atoms with E-state index in [2.05, 4.69) is 26.0 Å². The second kappa shape index (κ2) is 8.50. The first-order valence-electron chi connectivity index (χ1n) is 8.27. The summed E-state index contributed by atoms with van der Waals surface area (Å²) in [6.07, 6.45) is 0. The number of likely N-dealkylation sites (N-methyl/N-ethyl adjacent to an activating group) is 1. The molecule has 1 atom stereocenters. The number of hydrogen-bond donors (Lipinski definition) is 1. The highest BCUT2D eigenvalue weighted by Crippen LogP contribution is 2.32. The van der Waals surface area contributed by atoms with Crippen molar-refractivity contribution in [2.45, 2.75) is 42.5 Å². The molecule has 0 aromatic heterocycles. The van der Waals surface area contributed by atoms with Crippen LogP contribution >= 0.6 is 11.8 Å². The highest BCUT2D eigenvalue weighted by atomic mass is 32.2. The molecule has 25 heavy (non-hydrogen) atoms. The fourth-order valence-corrected chi connectivity index (χ4v) is 3.33. The molecule has 5 heteroatoms.